The smallest absolute Gasteiger partial charge is 0.271 e. The second-order valence-electron chi connectivity index (χ2n) is 4.59. The Bertz CT molecular complexity index is 578. The van der Waals surface area contributed by atoms with Crippen molar-refractivity contribution in [3.8, 4) is 0 Å². The van der Waals surface area contributed by atoms with Gasteiger partial charge in [-0.05, 0) is 18.6 Å². The van der Waals surface area contributed by atoms with Crippen molar-refractivity contribution in [3.05, 3.63) is 30.0 Å². The molecule has 0 saturated heterocycles. The van der Waals surface area contributed by atoms with Crippen molar-refractivity contribution in [2.75, 3.05) is 18.4 Å². The first-order chi connectivity index (χ1) is 10.2. The Kier molecular flexibility index (Phi) is 5.19. The lowest BCUT2D eigenvalue weighted by molar-refractivity contribution is 0.0948. The second kappa shape index (κ2) is 7.32. The van der Waals surface area contributed by atoms with Crippen molar-refractivity contribution in [1.82, 2.24) is 30.3 Å². The molecular formula is C13H19N7O. The molecule has 0 unspecified atom stereocenters. The summed E-state index contributed by atoms with van der Waals surface area (Å²) in [4.78, 5) is 11.9. The van der Waals surface area contributed by atoms with Crippen molar-refractivity contribution in [2.24, 2.45) is 7.05 Å². The highest BCUT2D eigenvalue weighted by Crippen LogP contribution is 2.02. The zero-order chi connectivity index (χ0) is 15.1. The van der Waals surface area contributed by atoms with Gasteiger partial charge in [-0.15, -0.1) is 20.4 Å². The third-order valence-corrected chi connectivity index (χ3v) is 2.89. The van der Waals surface area contributed by atoms with E-state index in [0.717, 1.165) is 18.8 Å². The molecule has 0 aliphatic rings. The quantitative estimate of drug-likeness (QED) is 0.765. The van der Waals surface area contributed by atoms with Gasteiger partial charge in [0, 0.05) is 26.6 Å². The van der Waals surface area contributed by atoms with Crippen LogP contribution in [0.2, 0.25) is 0 Å². The fourth-order valence-corrected chi connectivity index (χ4v) is 1.71. The molecule has 1 amide bonds. The molecule has 0 atom stereocenters. The van der Waals surface area contributed by atoms with Crippen LogP contribution < -0.4 is 10.6 Å². The molecule has 2 N–H and O–H groups in total. The maximum absolute atomic E-state index is 11.9. The summed E-state index contributed by atoms with van der Waals surface area (Å²) in [6.45, 7) is 3.38. The van der Waals surface area contributed by atoms with Crippen molar-refractivity contribution in [1.29, 1.82) is 0 Å². The molecule has 0 aliphatic carbocycles. The molecule has 2 heterocycles. The largest absolute Gasteiger partial charge is 0.369 e. The Morgan fingerprint density at radius 1 is 1.24 bits per heavy atom. The number of nitrogens with zero attached hydrogens (tertiary/aromatic N) is 5. The molecule has 0 radical (unpaired) electrons. The predicted octanol–water partition coefficient (Wildman–Crippen LogP) is 0.399. The summed E-state index contributed by atoms with van der Waals surface area (Å²) in [6.07, 6.45) is 3.25. The summed E-state index contributed by atoms with van der Waals surface area (Å²) in [5.74, 6) is 1.25. The van der Waals surface area contributed by atoms with Gasteiger partial charge in [0.15, 0.2) is 5.69 Å². The van der Waals surface area contributed by atoms with Gasteiger partial charge in [-0.25, -0.2) is 0 Å². The van der Waals surface area contributed by atoms with E-state index in [9.17, 15) is 4.79 Å². The number of hydrogen-bond donors (Lipinski definition) is 2. The molecule has 0 saturated carbocycles. The van der Waals surface area contributed by atoms with Crippen LogP contribution in [0.15, 0.2) is 18.5 Å². The molecule has 0 aromatic carbocycles. The van der Waals surface area contributed by atoms with Gasteiger partial charge in [0.25, 0.3) is 5.91 Å². The van der Waals surface area contributed by atoms with E-state index in [1.54, 1.807) is 18.5 Å². The Hall–Kier alpha value is -2.51. The fraction of sp³-hybridized carbons (Fsp3) is 0.462. The number of aryl methyl sites for hydroxylation is 1. The first-order valence-electron chi connectivity index (χ1n) is 6.89. The standard InChI is InChI=1S/C13H19N7O/c1-3-7-14-11-5-4-10(17-18-11)13(21)15-8-6-12-19-16-9-20(12)2/h4-5,9H,3,6-8H2,1-2H3,(H,14,18)(H,15,21). The van der Waals surface area contributed by atoms with Gasteiger partial charge >= 0.3 is 0 Å². The number of nitrogens with one attached hydrogen (secondary N) is 2. The van der Waals surface area contributed by atoms with Crippen LogP contribution in [0.25, 0.3) is 0 Å². The van der Waals surface area contributed by atoms with Gasteiger partial charge < -0.3 is 15.2 Å². The molecule has 2 aromatic heterocycles. The molecule has 8 heteroatoms. The summed E-state index contributed by atoms with van der Waals surface area (Å²) >= 11 is 0. The molecule has 112 valence electrons. The van der Waals surface area contributed by atoms with E-state index >= 15 is 0 Å². The first kappa shape index (κ1) is 14.9. The number of carbonyl (C=O) groups excluding carboxylic acids is 1. The van der Waals surface area contributed by atoms with Crippen LogP contribution in [-0.2, 0) is 13.5 Å². The van der Waals surface area contributed by atoms with E-state index < -0.39 is 0 Å². The van der Waals surface area contributed by atoms with E-state index in [-0.39, 0.29) is 5.91 Å². The van der Waals surface area contributed by atoms with Crippen LogP contribution in [0.4, 0.5) is 5.82 Å². The number of aromatic nitrogens is 5. The number of carbonyl (C=O) groups is 1. The average molecular weight is 289 g/mol. The summed E-state index contributed by atoms with van der Waals surface area (Å²) in [7, 11) is 1.87. The van der Waals surface area contributed by atoms with Crippen molar-refractivity contribution in [2.45, 2.75) is 19.8 Å². The monoisotopic (exact) mass is 289 g/mol. The summed E-state index contributed by atoms with van der Waals surface area (Å²) in [5, 5.41) is 21.5. The number of hydrogen-bond acceptors (Lipinski definition) is 6. The molecule has 8 nitrogen and oxygen atoms in total. The molecule has 2 aromatic rings. The second-order valence-corrected chi connectivity index (χ2v) is 4.59. The third-order valence-electron chi connectivity index (χ3n) is 2.89. The van der Waals surface area contributed by atoms with Crippen LogP contribution in [0.1, 0.15) is 29.7 Å². The molecule has 0 fully saturated rings. The molecule has 0 bridgehead atoms. The number of rotatable bonds is 7. The normalized spacial score (nSPS) is 10.4. The van der Waals surface area contributed by atoms with E-state index in [4.69, 9.17) is 0 Å². The van der Waals surface area contributed by atoms with Gasteiger partial charge in [0.05, 0.1) is 0 Å². The zero-order valence-electron chi connectivity index (χ0n) is 12.2. The van der Waals surface area contributed by atoms with Crippen LogP contribution in [0, 0.1) is 0 Å². The van der Waals surface area contributed by atoms with Crippen molar-refractivity contribution < 1.29 is 4.79 Å². The molecule has 21 heavy (non-hydrogen) atoms. The Morgan fingerprint density at radius 2 is 2.10 bits per heavy atom. The van der Waals surface area contributed by atoms with E-state index in [1.807, 2.05) is 11.6 Å². The minimum atomic E-state index is -0.244. The predicted molar refractivity (Wildman–Crippen MR) is 77.9 cm³/mol. The zero-order valence-corrected chi connectivity index (χ0v) is 12.2. The maximum atomic E-state index is 11.9. The molecule has 2 rings (SSSR count). The van der Waals surface area contributed by atoms with E-state index in [0.29, 0.717) is 24.5 Å². The van der Waals surface area contributed by atoms with Gasteiger partial charge in [-0.3, -0.25) is 4.79 Å². The number of anilines is 1. The van der Waals surface area contributed by atoms with Gasteiger partial charge in [0.2, 0.25) is 0 Å². The molecular weight excluding hydrogens is 270 g/mol. The lowest BCUT2D eigenvalue weighted by atomic mass is 10.3. The van der Waals surface area contributed by atoms with Gasteiger partial charge in [-0.1, -0.05) is 6.92 Å². The first-order valence-corrected chi connectivity index (χ1v) is 6.89. The highest BCUT2D eigenvalue weighted by atomic mass is 16.1. The fourth-order valence-electron chi connectivity index (χ4n) is 1.71. The minimum absolute atomic E-state index is 0.244. The SMILES string of the molecule is CCCNc1ccc(C(=O)NCCc2nncn2C)nn1. The average Bonchev–Trinajstić information content (AvgIpc) is 2.91. The summed E-state index contributed by atoms with van der Waals surface area (Å²) < 4.78 is 1.82. The maximum Gasteiger partial charge on any atom is 0.271 e. The number of amides is 1. The van der Waals surface area contributed by atoms with E-state index in [2.05, 4.69) is 38.0 Å². The van der Waals surface area contributed by atoms with Crippen LogP contribution >= 0.6 is 0 Å². The summed E-state index contributed by atoms with van der Waals surface area (Å²) in [5.41, 5.74) is 0.301. The van der Waals surface area contributed by atoms with E-state index in [1.165, 1.54) is 0 Å². The lowest BCUT2D eigenvalue weighted by Crippen LogP contribution is -2.27. The van der Waals surface area contributed by atoms with Crippen molar-refractivity contribution in [3.63, 3.8) is 0 Å². The van der Waals surface area contributed by atoms with Crippen molar-refractivity contribution >= 4 is 11.7 Å². The molecule has 0 spiro atoms. The van der Waals surface area contributed by atoms with Crippen LogP contribution in [0.3, 0.4) is 0 Å². The Labute approximate surface area is 123 Å². The van der Waals surface area contributed by atoms with Crippen LogP contribution in [0.5, 0.6) is 0 Å². The summed E-state index contributed by atoms with van der Waals surface area (Å²) in [6, 6.07) is 3.41. The highest BCUT2D eigenvalue weighted by Gasteiger charge is 2.08. The Morgan fingerprint density at radius 3 is 2.71 bits per heavy atom. The highest BCUT2D eigenvalue weighted by molar-refractivity contribution is 5.92. The van der Waals surface area contributed by atoms with Gasteiger partial charge in [0.1, 0.15) is 18.0 Å². The topological polar surface area (TPSA) is 97.6 Å². The minimum Gasteiger partial charge on any atom is -0.369 e. The Balaban J connectivity index is 1.81. The third kappa shape index (κ3) is 4.23. The molecule has 0 aliphatic heterocycles. The van der Waals surface area contributed by atoms with Crippen LogP contribution in [-0.4, -0.2) is 44.0 Å². The lowest BCUT2D eigenvalue weighted by Gasteiger charge is -2.05. The van der Waals surface area contributed by atoms with Gasteiger partial charge in [-0.2, -0.15) is 0 Å².